The SMILES string of the molecule is CCOC(=O)[C@@H](CCCCC1CCN(C(=O)OCc2ccccc2)CC1)N[C@@H](C)C(=O)OC(C)(C)C. The van der Waals surface area contributed by atoms with Crippen LogP contribution in [0.15, 0.2) is 30.3 Å². The lowest BCUT2D eigenvalue weighted by atomic mass is 9.91. The van der Waals surface area contributed by atoms with Gasteiger partial charge >= 0.3 is 18.0 Å². The number of likely N-dealkylation sites (tertiary alicyclic amines) is 1. The van der Waals surface area contributed by atoms with Crippen LogP contribution in [0.25, 0.3) is 0 Å². The average molecular weight is 505 g/mol. The van der Waals surface area contributed by atoms with Crippen molar-refractivity contribution in [2.45, 2.75) is 97.4 Å². The molecule has 0 spiro atoms. The molecule has 36 heavy (non-hydrogen) atoms. The lowest BCUT2D eigenvalue weighted by molar-refractivity contribution is -0.157. The molecule has 1 fully saturated rings. The molecule has 1 amide bonds. The van der Waals surface area contributed by atoms with Crippen LogP contribution in [0.4, 0.5) is 4.79 Å². The summed E-state index contributed by atoms with van der Waals surface area (Å²) in [5.41, 5.74) is 0.400. The molecule has 0 bridgehead atoms. The summed E-state index contributed by atoms with van der Waals surface area (Å²) in [6.07, 6.45) is 5.12. The van der Waals surface area contributed by atoms with E-state index in [-0.39, 0.29) is 18.0 Å². The maximum absolute atomic E-state index is 12.4. The largest absolute Gasteiger partial charge is 0.465 e. The van der Waals surface area contributed by atoms with Crippen molar-refractivity contribution in [3.63, 3.8) is 0 Å². The lowest BCUT2D eigenvalue weighted by Crippen LogP contribution is -2.48. The highest BCUT2D eigenvalue weighted by atomic mass is 16.6. The van der Waals surface area contributed by atoms with Crippen molar-refractivity contribution >= 4 is 18.0 Å². The first-order valence-corrected chi connectivity index (χ1v) is 13.2. The molecule has 2 atom stereocenters. The fourth-order valence-corrected chi connectivity index (χ4v) is 4.27. The monoisotopic (exact) mass is 504 g/mol. The summed E-state index contributed by atoms with van der Waals surface area (Å²) >= 11 is 0. The van der Waals surface area contributed by atoms with Crippen molar-refractivity contribution in [2.24, 2.45) is 5.92 Å². The summed E-state index contributed by atoms with van der Waals surface area (Å²) in [7, 11) is 0. The number of amides is 1. The van der Waals surface area contributed by atoms with Crippen molar-refractivity contribution in [3.8, 4) is 0 Å². The van der Waals surface area contributed by atoms with Crippen LogP contribution in [-0.4, -0.2) is 60.3 Å². The number of piperidine rings is 1. The van der Waals surface area contributed by atoms with Crippen LogP contribution in [0, 0.1) is 5.92 Å². The Bertz CT molecular complexity index is 815. The standard InChI is InChI=1S/C28H44N2O6/c1-6-34-26(32)24(29-21(2)25(31)36-28(3,4)5)15-11-10-12-22-16-18-30(19-17-22)27(33)35-20-23-13-8-7-9-14-23/h7-9,13-14,21-22,24,29H,6,10-12,15-20H2,1-5H3/t21-,24+/m0/s1. The molecule has 0 aromatic heterocycles. The van der Waals surface area contributed by atoms with E-state index in [4.69, 9.17) is 14.2 Å². The molecule has 8 nitrogen and oxygen atoms in total. The minimum Gasteiger partial charge on any atom is -0.465 e. The Hall–Kier alpha value is -2.61. The Labute approximate surface area is 216 Å². The first kappa shape index (κ1) is 29.6. The van der Waals surface area contributed by atoms with Crippen LogP contribution in [0.3, 0.4) is 0 Å². The minimum absolute atomic E-state index is 0.250. The first-order chi connectivity index (χ1) is 17.1. The van der Waals surface area contributed by atoms with Gasteiger partial charge in [-0.15, -0.1) is 0 Å². The molecular weight excluding hydrogens is 460 g/mol. The van der Waals surface area contributed by atoms with Crippen molar-refractivity contribution < 1.29 is 28.6 Å². The smallest absolute Gasteiger partial charge is 0.410 e. The van der Waals surface area contributed by atoms with Crippen LogP contribution in [0.1, 0.15) is 78.7 Å². The molecule has 0 saturated carbocycles. The number of esters is 2. The third-order valence-electron chi connectivity index (χ3n) is 6.22. The second kappa shape index (κ2) is 14.8. The van der Waals surface area contributed by atoms with Crippen LogP contribution in [0.2, 0.25) is 0 Å². The highest BCUT2D eigenvalue weighted by Gasteiger charge is 2.28. The second-order valence-corrected chi connectivity index (χ2v) is 10.5. The third-order valence-corrected chi connectivity index (χ3v) is 6.22. The van der Waals surface area contributed by atoms with Gasteiger partial charge in [-0.3, -0.25) is 14.9 Å². The van der Waals surface area contributed by atoms with Gasteiger partial charge in [-0.05, 0) is 65.4 Å². The zero-order valence-electron chi connectivity index (χ0n) is 22.6. The summed E-state index contributed by atoms with van der Waals surface area (Å²) in [6.45, 7) is 10.9. The van der Waals surface area contributed by atoms with Crippen LogP contribution in [-0.2, 0) is 30.4 Å². The Kier molecular flexibility index (Phi) is 12.2. The number of unbranched alkanes of at least 4 members (excludes halogenated alkanes) is 1. The predicted octanol–water partition coefficient (Wildman–Crippen LogP) is 4.85. The minimum atomic E-state index is -0.607. The number of carbonyl (C=O) groups is 3. The average Bonchev–Trinajstić information content (AvgIpc) is 2.84. The second-order valence-electron chi connectivity index (χ2n) is 10.5. The van der Waals surface area contributed by atoms with E-state index < -0.39 is 17.7 Å². The van der Waals surface area contributed by atoms with Crippen molar-refractivity contribution in [1.29, 1.82) is 0 Å². The fraction of sp³-hybridized carbons (Fsp3) is 0.679. The fourth-order valence-electron chi connectivity index (χ4n) is 4.27. The Morgan fingerprint density at radius 2 is 1.69 bits per heavy atom. The Morgan fingerprint density at radius 3 is 2.31 bits per heavy atom. The molecule has 1 aliphatic heterocycles. The zero-order chi connectivity index (χ0) is 26.6. The summed E-state index contributed by atoms with van der Waals surface area (Å²) in [5.74, 6) is -0.168. The van der Waals surface area contributed by atoms with E-state index in [0.717, 1.165) is 37.7 Å². The number of carbonyl (C=O) groups excluding carboxylic acids is 3. The van der Waals surface area contributed by atoms with Gasteiger partial charge in [0.1, 0.15) is 24.3 Å². The van der Waals surface area contributed by atoms with E-state index in [1.54, 1.807) is 18.7 Å². The predicted molar refractivity (Wildman–Crippen MR) is 138 cm³/mol. The lowest BCUT2D eigenvalue weighted by Gasteiger charge is -2.31. The molecular formula is C28H44N2O6. The number of benzene rings is 1. The molecule has 1 heterocycles. The molecule has 0 radical (unpaired) electrons. The van der Waals surface area contributed by atoms with Gasteiger partial charge in [0.2, 0.25) is 0 Å². The van der Waals surface area contributed by atoms with E-state index in [2.05, 4.69) is 5.32 Å². The van der Waals surface area contributed by atoms with E-state index in [0.29, 0.717) is 38.6 Å². The van der Waals surface area contributed by atoms with Crippen molar-refractivity contribution in [2.75, 3.05) is 19.7 Å². The highest BCUT2D eigenvalue weighted by molar-refractivity contribution is 5.79. The molecule has 0 unspecified atom stereocenters. The third kappa shape index (κ3) is 11.0. The summed E-state index contributed by atoms with van der Waals surface area (Å²) in [5, 5.41) is 3.10. The number of nitrogens with zero attached hydrogens (tertiary/aromatic N) is 1. The molecule has 1 aromatic carbocycles. The number of hydrogen-bond acceptors (Lipinski definition) is 7. The molecule has 202 valence electrons. The Morgan fingerprint density at radius 1 is 1.03 bits per heavy atom. The molecule has 1 aliphatic rings. The first-order valence-electron chi connectivity index (χ1n) is 13.2. The van der Waals surface area contributed by atoms with Crippen LogP contribution in [0.5, 0.6) is 0 Å². The molecule has 0 aliphatic carbocycles. The molecule has 1 N–H and O–H groups in total. The van der Waals surface area contributed by atoms with Gasteiger partial charge in [0.15, 0.2) is 0 Å². The molecule has 8 heteroatoms. The number of nitrogens with one attached hydrogen (secondary N) is 1. The summed E-state index contributed by atoms with van der Waals surface area (Å²) < 4.78 is 16.1. The molecule has 1 saturated heterocycles. The topological polar surface area (TPSA) is 94.2 Å². The highest BCUT2D eigenvalue weighted by Crippen LogP contribution is 2.24. The van der Waals surface area contributed by atoms with Crippen molar-refractivity contribution in [3.05, 3.63) is 35.9 Å². The number of hydrogen-bond donors (Lipinski definition) is 1. The molecule has 2 rings (SSSR count). The van der Waals surface area contributed by atoms with Gasteiger partial charge in [-0.2, -0.15) is 0 Å². The summed E-state index contributed by atoms with van der Waals surface area (Å²) in [4.78, 5) is 38.9. The van der Waals surface area contributed by atoms with Gasteiger partial charge in [0.25, 0.3) is 0 Å². The zero-order valence-corrected chi connectivity index (χ0v) is 22.6. The van der Waals surface area contributed by atoms with Gasteiger partial charge in [-0.1, -0.05) is 49.6 Å². The summed E-state index contributed by atoms with van der Waals surface area (Å²) in [6, 6.07) is 8.54. The van der Waals surface area contributed by atoms with Gasteiger partial charge < -0.3 is 19.1 Å². The van der Waals surface area contributed by atoms with Crippen LogP contribution >= 0.6 is 0 Å². The Balaban J connectivity index is 1.70. The van der Waals surface area contributed by atoms with Gasteiger partial charge in [0.05, 0.1) is 6.61 Å². The number of ether oxygens (including phenoxy) is 3. The van der Waals surface area contributed by atoms with E-state index in [1.807, 2.05) is 51.1 Å². The van der Waals surface area contributed by atoms with Crippen LogP contribution < -0.4 is 5.32 Å². The maximum Gasteiger partial charge on any atom is 0.410 e. The number of rotatable bonds is 12. The van der Waals surface area contributed by atoms with Crippen molar-refractivity contribution in [1.82, 2.24) is 10.2 Å². The van der Waals surface area contributed by atoms with Gasteiger partial charge in [0, 0.05) is 13.1 Å². The van der Waals surface area contributed by atoms with E-state index in [9.17, 15) is 14.4 Å². The van der Waals surface area contributed by atoms with Gasteiger partial charge in [-0.25, -0.2) is 4.79 Å². The van der Waals surface area contributed by atoms with E-state index in [1.165, 1.54) is 0 Å². The quantitative estimate of drug-likeness (QED) is 0.247. The van der Waals surface area contributed by atoms with E-state index >= 15 is 0 Å². The maximum atomic E-state index is 12.4. The molecule has 1 aromatic rings. The normalized spacial score (nSPS) is 16.2.